The number of rotatable bonds is 4. The molecule has 200 valence electrons. The van der Waals surface area contributed by atoms with Gasteiger partial charge in [0.1, 0.15) is 5.82 Å². The van der Waals surface area contributed by atoms with Crippen molar-refractivity contribution in [3.63, 3.8) is 0 Å². The average molecular weight is 537 g/mol. The Kier molecular flexibility index (Phi) is 6.21. The minimum Gasteiger partial charge on any atom is -0.383 e. The first-order chi connectivity index (χ1) is 18.4. The van der Waals surface area contributed by atoms with Crippen LogP contribution < -0.4 is 5.73 Å². The summed E-state index contributed by atoms with van der Waals surface area (Å²) in [5, 5.41) is 12.4. The number of nitrogen functional groups attached to an aromatic ring is 1. The molecule has 0 bridgehead atoms. The number of benzene rings is 2. The molecule has 0 atom stereocenters. The van der Waals surface area contributed by atoms with Crippen molar-refractivity contribution >= 4 is 39.4 Å². The highest BCUT2D eigenvalue weighted by molar-refractivity contribution is 6.10. The minimum absolute atomic E-state index is 0.0678. The molecule has 0 radical (unpaired) electrons. The summed E-state index contributed by atoms with van der Waals surface area (Å²) in [7, 11) is 3.23. The first-order valence-electron chi connectivity index (χ1n) is 11.7. The standard InChI is InChI=1S/C26H23F3N8O2/c1-15(38)35(3)37(14-18-10-11-36(33-18)19-7-5-17(6-8-19)26(27,28)29)25(39)16-4-9-22-20(12-16)23-21(24(30)32-22)13-31-34(23)2/h4-13H,14H2,1-3H3,(H2,30,32). The number of hydrazine groups is 1. The zero-order valence-electron chi connectivity index (χ0n) is 21.1. The molecule has 0 spiro atoms. The topological polar surface area (TPSA) is 115 Å². The summed E-state index contributed by atoms with van der Waals surface area (Å²) >= 11 is 0. The van der Waals surface area contributed by atoms with Crippen LogP contribution in [0.3, 0.4) is 0 Å². The first kappa shape index (κ1) is 25.7. The predicted molar refractivity (Wildman–Crippen MR) is 137 cm³/mol. The first-order valence-corrected chi connectivity index (χ1v) is 11.7. The number of fused-ring (bicyclic) bond motifs is 3. The Morgan fingerprint density at radius 3 is 2.44 bits per heavy atom. The number of nitrogens with zero attached hydrogens (tertiary/aromatic N) is 7. The highest BCUT2D eigenvalue weighted by Gasteiger charge is 2.30. The van der Waals surface area contributed by atoms with Gasteiger partial charge in [0, 0.05) is 38.2 Å². The normalized spacial score (nSPS) is 11.7. The van der Waals surface area contributed by atoms with Crippen LogP contribution in [-0.2, 0) is 24.6 Å². The molecule has 5 aromatic rings. The van der Waals surface area contributed by atoms with Crippen LogP contribution in [0, 0.1) is 0 Å². The van der Waals surface area contributed by atoms with Gasteiger partial charge >= 0.3 is 6.18 Å². The molecular formula is C26H23F3N8O2. The van der Waals surface area contributed by atoms with E-state index >= 15 is 0 Å². The second kappa shape index (κ2) is 9.42. The Bertz CT molecular complexity index is 1720. The van der Waals surface area contributed by atoms with Gasteiger partial charge in [0.05, 0.1) is 46.1 Å². The lowest BCUT2D eigenvalue weighted by Gasteiger charge is -2.30. The molecule has 13 heteroatoms. The van der Waals surface area contributed by atoms with E-state index in [9.17, 15) is 22.8 Å². The monoisotopic (exact) mass is 536 g/mol. The van der Waals surface area contributed by atoms with Crippen molar-refractivity contribution in [1.82, 2.24) is 34.6 Å². The van der Waals surface area contributed by atoms with E-state index in [0.717, 1.165) is 12.1 Å². The third kappa shape index (κ3) is 4.74. The maximum Gasteiger partial charge on any atom is 0.416 e. The van der Waals surface area contributed by atoms with E-state index in [1.165, 1.54) is 40.8 Å². The number of amides is 2. The average Bonchev–Trinajstić information content (AvgIpc) is 3.53. The molecule has 0 saturated heterocycles. The van der Waals surface area contributed by atoms with E-state index in [1.54, 1.807) is 48.4 Å². The molecule has 5 rings (SSSR count). The molecule has 0 aliphatic heterocycles. The molecule has 3 heterocycles. The lowest BCUT2D eigenvalue weighted by atomic mass is 10.1. The summed E-state index contributed by atoms with van der Waals surface area (Å²) < 4.78 is 41.8. The van der Waals surface area contributed by atoms with Gasteiger partial charge in [-0.2, -0.15) is 23.4 Å². The Labute approximate surface area is 220 Å². The number of hydrogen-bond donors (Lipinski definition) is 1. The molecular weight excluding hydrogens is 513 g/mol. The van der Waals surface area contributed by atoms with Crippen molar-refractivity contribution in [2.75, 3.05) is 12.8 Å². The van der Waals surface area contributed by atoms with Gasteiger partial charge < -0.3 is 5.73 Å². The maximum absolute atomic E-state index is 13.7. The SMILES string of the molecule is CC(=O)N(C)N(Cc1ccn(-c2ccc(C(F)(F)F)cc2)n1)C(=O)c1ccc2nc(N)c3cnn(C)c3c2c1. The number of pyridine rings is 1. The van der Waals surface area contributed by atoms with Gasteiger partial charge in [-0.3, -0.25) is 19.3 Å². The highest BCUT2D eigenvalue weighted by Crippen LogP contribution is 2.30. The molecule has 0 saturated carbocycles. The highest BCUT2D eigenvalue weighted by atomic mass is 19.4. The fraction of sp³-hybridized carbons (Fsp3) is 0.192. The molecule has 3 aromatic heterocycles. The lowest BCUT2D eigenvalue weighted by molar-refractivity contribution is -0.140. The van der Waals surface area contributed by atoms with Gasteiger partial charge in [-0.25, -0.2) is 14.7 Å². The van der Waals surface area contributed by atoms with Gasteiger partial charge in [-0.15, -0.1) is 0 Å². The number of aryl methyl sites for hydroxylation is 1. The molecule has 0 unspecified atom stereocenters. The third-order valence-corrected chi connectivity index (χ3v) is 6.42. The molecule has 0 fully saturated rings. The zero-order chi connectivity index (χ0) is 28.1. The Morgan fingerprint density at radius 1 is 1.05 bits per heavy atom. The van der Waals surface area contributed by atoms with E-state index in [-0.39, 0.29) is 12.5 Å². The van der Waals surface area contributed by atoms with E-state index < -0.39 is 17.6 Å². The van der Waals surface area contributed by atoms with Crippen molar-refractivity contribution in [2.24, 2.45) is 7.05 Å². The number of alkyl halides is 3. The Balaban J connectivity index is 1.47. The van der Waals surface area contributed by atoms with Crippen LogP contribution >= 0.6 is 0 Å². The predicted octanol–water partition coefficient (Wildman–Crippen LogP) is 3.94. The van der Waals surface area contributed by atoms with Crippen molar-refractivity contribution in [3.8, 4) is 5.69 Å². The van der Waals surface area contributed by atoms with Crippen LogP contribution in [0.4, 0.5) is 19.0 Å². The van der Waals surface area contributed by atoms with E-state index in [2.05, 4.69) is 15.2 Å². The molecule has 0 aliphatic rings. The smallest absolute Gasteiger partial charge is 0.383 e. The molecule has 10 nitrogen and oxygen atoms in total. The molecule has 39 heavy (non-hydrogen) atoms. The minimum atomic E-state index is -4.44. The van der Waals surface area contributed by atoms with E-state index in [4.69, 9.17) is 5.73 Å². The van der Waals surface area contributed by atoms with Gasteiger partial charge in [0.15, 0.2) is 0 Å². The second-order valence-electron chi connectivity index (χ2n) is 8.96. The number of anilines is 1. The van der Waals surface area contributed by atoms with Crippen molar-refractivity contribution in [3.05, 3.63) is 77.7 Å². The summed E-state index contributed by atoms with van der Waals surface area (Å²) in [6.07, 6.45) is -1.27. The summed E-state index contributed by atoms with van der Waals surface area (Å²) in [6.45, 7) is 1.26. The van der Waals surface area contributed by atoms with Crippen LogP contribution in [0.2, 0.25) is 0 Å². The Morgan fingerprint density at radius 2 is 1.77 bits per heavy atom. The lowest BCUT2D eigenvalue weighted by Crippen LogP contribution is -2.46. The number of carbonyl (C=O) groups excluding carboxylic acids is 2. The van der Waals surface area contributed by atoms with Crippen molar-refractivity contribution in [1.29, 1.82) is 0 Å². The summed E-state index contributed by atoms with van der Waals surface area (Å²) in [5.41, 5.74) is 7.73. The number of nitrogens with two attached hydrogens (primary N) is 1. The van der Waals surface area contributed by atoms with E-state index in [0.29, 0.717) is 44.6 Å². The van der Waals surface area contributed by atoms with E-state index in [1.807, 2.05) is 0 Å². The van der Waals surface area contributed by atoms with Crippen molar-refractivity contribution in [2.45, 2.75) is 19.6 Å². The van der Waals surface area contributed by atoms with Crippen molar-refractivity contribution < 1.29 is 22.8 Å². The molecule has 0 aliphatic carbocycles. The fourth-order valence-corrected chi connectivity index (χ4v) is 4.27. The summed E-state index contributed by atoms with van der Waals surface area (Å²) in [4.78, 5) is 30.4. The number of halogens is 3. The van der Waals surface area contributed by atoms with Gasteiger partial charge in [-0.1, -0.05) is 0 Å². The number of carbonyl (C=O) groups is 2. The maximum atomic E-state index is 13.7. The fourth-order valence-electron chi connectivity index (χ4n) is 4.27. The Hall–Kier alpha value is -4.94. The quantitative estimate of drug-likeness (QED) is 0.348. The third-order valence-electron chi connectivity index (χ3n) is 6.42. The van der Waals surface area contributed by atoms with Gasteiger partial charge in [0.2, 0.25) is 5.91 Å². The molecule has 2 amide bonds. The van der Waals surface area contributed by atoms with Crippen LogP contribution in [0.5, 0.6) is 0 Å². The largest absolute Gasteiger partial charge is 0.416 e. The summed E-state index contributed by atoms with van der Waals surface area (Å²) in [5.74, 6) is -0.521. The number of aromatic nitrogens is 5. The van der Waals surface area contributed by atoms with Crippen LogP contribution in [0.25, 0.3) is 27.5 Å². The van der Waals surface area contributed by atoms with Crippen LogP contribution in [-0.4, -0.2) is 53.4 Å². The van der Waals surface area contributed by atoms with Crippen LogP contribution in [0.15, 0.2) is 60.9 Å². The van der Waals surface area contributed by atoms with Gasteiger partial charge in [-0.05, 0) is 48.5 Å². The second-order valence-corrected chi connectivity index (χ2v) is 8.96. The molecule has 2 aromatic carbocycles. The van der Waals surface area contributed by atoms with Crippen LogP contribution in [0.1, 0.15) is 28.5 Å². The summed E-state index contributed by atoms with van der Waals surface area (Å²) in [6, 6.07) is 11.1. The zero-order valence-corrected chi connectivity index (χ0v) is 21.1. The number of hydrogen-bond acceptors (Lipinski definition) is 6. The molecule has 2 N–H and O–H groups in total. The van der Waals surface area contributed by atoms with Gasteiger partial charge in [0.25, 0.3) is 5.91 Å².